The Hall–Kier alpha value is -2.71. The molecule has 3 heterocycles. The molecule has 166 valence electrons. The second-order valence-electron chi connectivity index (χ2n) is 7.89. The van der Waals surface area contributed by atoms with Crippen molar-refractivity contribution in [3.8, 4) is 5.75 Å². The van der Waals surface area contributed by atoms with Crippen LogP contribution in [0.4, 0.5) is 0 Å². The van der Waals surface area contributed by atoms with Crippen LogP contribution in [0.5, 0.6) is 5.75 Å². The van der Waals surface area contributed by atoms with Crippen LogP contribution in [0.25, 0.3) is 11.2 Å². The minimum absolute atomic E-state index is 0.199. The Balaban J connectivity index is 1.52. The van der Waals surface area contributed by atoms with Crippen LogP contribution in [0.2, 0.25) is 0 Å². The lowest BCUT2D eigenvalue weighted by Gasteiger charge is -2.26. The van der Waals surface area contributed by atoms with Gasteiger partial charge in [0.15, 0.2) is 11.2 Å². The van der Waals surface area contributed by atoms with Gasteiger partial charge in [-0.15, -0.1) is 0 Å². The molecule has 31 heavy (non-hydrogen) atoms. The van der Waals surface area contributed by atoms with Crippen molar-refractivity contribution in [3.63, 3.8) is 0 Å². The van der Waals surface area contributed by atoms with E-state index in [1.54, 1.807) is 6.33 Å². The number of para-hydroxylation sites is 1. The lowest BCUT2D eigenvalue weighted by Crippen LogP contribution is -2.38. The van der Waals surface area contributed by atoms with Crippen LogP contribution >= 0.6 is 0 Å². The summed E-state index contributed by atoms with van der Waals surface area (Å²) in [6, 6.07) is 8.22. The number of H-pyrrole nitrogens is 1. The van der Waals surface area contributed by atoms with Gasteiger partial charge < -0.3 is 19.0 Å². The number of nitrogens with one attached hydrogen (secondary N) is 1. The molecule has 0 bridgehead atoms. The zero-order chi connectivity index (χ0) is 21.6. The van der Waals surface area contributed by atoms with Gasteiger partial charge in [-0.05, 0) is 18.9 Å². The van der Waals surface area contributed by atoms with Crippen LogP contribution in [0.15, 0.2) is 35.4 Å². The Kier molecular flexibility index (Phi) is 6.99. The molecule has 8 nitrogen and oxygen atoms in total. The van der Waals surface area contributed by atoms with Crippen molar-refractivity contribution in [2.24, 2.45) is 0 Å². The number of fused-ring (bicyclic) bond motifs is 1. The monoisotopic (exact) mass is 425 g/mol. The Bertz CT molecular complexity index is 1050. The van der Waals surface area contributed by atoms with Crippen LogP contribution in [0, 0.1) is 0 Å². The Morgan fingerprint density at radius 3 is 2.74 bits per heavy atom. The fraction of sp³-hybridized carbons (Fsp3) is 0.522. The average molecular weight is 426 g/mol. The first-order chi connectivity index (χ1) is 15.2. The van der Waals surface area contributed by atoms with Gasteiger partial charge in [0, 0.05) is 37.7 Å². The van der Waals surface area contributed by atoms with E-state index in [0.717, 1.165) is 57.0 Å². The third kappa shape index (κ3) is 4.97. The molecule has 0 amide bonds. The molecule has 1 saturated heterocycles. The maximum atomic E-state index is 12.6. The van der Waals surface area contributed by atoms with Gasteiger partial charge in [-0.1, -0.05) is 32.0 Å². The lowest BCUT2D eigenvalue weighted by molar-refractivity contribution is 0.0322. The van der Waals surface area contributed by atoms with Gasteiger partial charge in [0.05, 0.1) is 19.5 Å². The van der Waals surface area contributed by atoms with E-state index in [4.69, 9.17) is 14.5 Å². The number of morpholine rings is 1. The van der Waals surface area contributed by atoms with E-state index in [2.05, 4.69) is 28.7 Å². The van der Waals surface area contributed by atoms with Crippen molar-refractivity contribution in [3.05, 3.63) is 52.3 Å². The second kappa shape index (κ2) is 10.1. The zero-order valence-corrected chi connectivity index (χ0v) is 18.3. The van der Waals surface area contributed by atoms with E-state index in [0.29, 0.717) is 30.0 Å². The van der Waals surface area contributed by atoms with Crippen LogP contribution in [-0.2, 0) is 11.2 Å². The Morgan fingerprint density at radius 1 is 1.19 bits per heavy atom. The molecule has 0 radical (unpaired) electrons. The van der Waals surface area contributed by atoms with Crippen molar-refractivity contribution in [1.82, 2.24) is 24.4 Å². The number of ether oxygens (including phenoxy) is 2. The molecule has 1 fully saturated rings. The minimum atomic E-state index is -0.199. The maximum Gasteiger partial charge on any atom is 0.279 e. The first kappa shape index (κ1) is 21.5. The SMILES string of the molecule is CCC(CC)n1cnc2c(=O)[nH]c(Cc3ccccc3OCCN3CCOCC3)nc21. The van der Waals surface area contributed by atoms with E-state index in [1.165, 1.54) is 0 Å². The molecule has 4 rings (SSSR count). The predicted molar refractivity (Wildman–Crippen MR) is 120 cm³/mol. The van der Waals surface area contributed by atoms with Gasteiger partial charge in [-0.25, -0.2) is 9.97 Å². The van der Waals surface area contributed by atoms with Crippen molar-refractivity contribution >= 4 is 11.2 Å². The summed E-state index contributed by atoms with van der Waals surface area (Å²) in [5, 5.41) is 0. The van der Waals surface area contributed by atoms with Crippen LogP contribution < -0.4 is 10.3 Å². The molecule has 3 aromatic rings. The highest BCUT2D eigenvalue weighted by molar-refractivity contribution is 5.69. The highest BCUT2D eigenvalue weighted by Crippen LogP contribution is 2.22. The van der Waals surface area contributed by atoms with Gasteiger partial charge in [-0.2, -0.15) is 0 Å². The van der Waals surface area contributed by atoms with Gasteiger partial charge in [-0.3, -0.25) is 9.69 Å². The molecular formula is C23H31N5O3. The molecule has 2 aromatic heterocycles. The second-order valence-corrected chi connectivity index (χ2v) is 7.89. The average Bonchev–Trinajstić information content (AvgIpc) is 3.21. The van der Waals surface area contributed by atoms with Gasteiger partial charge >= 0.3 is 0 Å². The van der Waals surface area contributed by atoms with Gasteiger partial charge in [0.25, 0.3) is 5.56 Å². The van der Waals surface area contributed by atoms with Gasteiger partial charge in [0.1, 0.15) is 18.2 Å². The number of rotatable bonds is 9. The molecule has 0 aliphatic carbocycles. The lowest BCUT2D eigenvalue weighted by atomic mass is 10.1. The summed E-state index contributed by atoms with van der Waals surface area (Å²) in [7, 11) is 0. The van der Waals surface area contributed by atoms with E-state index in [1.807, 2.05) is 28.8 Å². The summed E-state index contributed by atoms with van der Waals surface area (Å²) < 4.78 is 13.5. The topological polar surface area (TPSA) is 85.3 Å². The van der Waals surface area contributed by atoms with Crippen molar-refractivity contribution in [2.75, 3.05) is 39.5 Å². The highest BCUT2D eigenvalue weighted by Gasteiger charge is 2.16. The number of hydrogen-bond acceptors (Lipinski definition) is 6. The Labute approximate surface area is 182 Å². The molecule has 8 heteroatoms. The van der Waals surface area contributed by atoms with Gasteiger partial charge in [0.2, 0.25) is 0 Å². The molecule has 1 aliphatic rings. The van der Waals surface area contributed by atoms with Crippen LogP contribution in [-0.4, -0.2) is 63.9 Å². The summed E-state index contributed by atoms with van der Waals surface area (Å²) in [5.74, 6) is 1.45. The van der Waals surface area contributed by atoms with Crippen LogP contribution in [0.1, 0.15) is 44.1 Å². The molecule has 0 saturated carbocycles. The van der Waals surface area contributed by atoms with Crippen molar-refractivity contribution < 1.29 is 9.47 Å². The zero-order valence-electron chi connectivity index (χ0n) is 18.3. The first-order valence-corrected chi connectivity index (χ1v) is 11.2. The number of nitrogens with zero attached hydrogens (tertiary/aromatic N) is 4. The molecule has 0 atom stereocenters. The predicted octanol–water partition coefficient (Wildman–Crippen LogP) is 2.78. The number of hydrogen-bond donors (Lipinski definition) is 1. The molecule has 1 N–H and O–H groups in total. The van der Waals surface area contributed by atoms with E-state index < -0.39 is 0 Å². The fourth-order valence-electron chi connectivity index (χ4n) is 4.09. The van der Waals surface area contributed by atoms with E-state index >= 15 is 0 Å². The third-order valence-electron chi connectivity index (χ3n) is 5.92. The highest BCUT2D eigenvalue weighted by atomic mass is 16.5. The standard InChI is InChI=1S/C23H31N5O3/c1-3-18(4-2)28-16-24-21-22(28)25-20(26-23(21)29)15-17-7-5-6-8-19(17)31-14-11-27-9-12-30-13-10-27/h5-8,16,18H,3-4,9-15H2,1-2H3,(H,25,26,29). The smallest absolute Gasteiger partial charge is 0.279 e. The molecule has 0 spiro atoms. The molecule has 0 unspecified atom stereocenters. The quantitative estimate of drug-likeness (QED) is 0.567. The fourth-order valence-corrected chi connectivity index (χ4v) is 4.09. The summed E-state index contributed by atoms with van der Waals surface area (Å²) in [5.41, 5.74) is 1.85. The molecular weight excluding hydrogens is 394 g/mol. The minimum Gasteiger partial charge on any atom is -0.492 e. The normalized spacial score (nSPS) is 15.1. The number of aromatic nitrogens is 4. The van der Waals surface area contributed by atoms with E-state index in [9.17, 15) is 4.79 Å². The summed E-state index contributed by atoms with van der Waals surface area (Å²) in [6.45, 7) is 9.21. The Morgan fingerprint density at radius 2 is 1.97 bits per heavy atom. The summed E-state index contributed by atoms with van der Waals surface area (Å²) in [4.78, 5) is 26.9. The van der Waals surface area contributed by atoms with Crippen LogP contribution in [0.3, 0.4) is 0 Å². The largest absolute Gasteiger partial charge is 0.492 e. The molecule has 1 aromatic carbocycles. The maximum absolute atomic E-state index is 12.6. The number of benzene rings is 1. The summed E-state index contributed by atoms with van der Waals surface area (Å²) in [6.07, 6.45) is 4.15. The number of imidazole rings is 1. The van der Waals surface area contributed by atoms with E-state index in [-0.39, 0.29) is 11.6 Å². The summed E-state index contributed by atoms with van der Waals surface area (Å²) >= 11 is 0. The number of aromatic amines is 1. The van der Waals surface area contributed by atoms with Crippen molar-refractivity contribution in [1.29, 1.82) is 0 Å². The van der Waals surface area contributed by atoms with Crippen molar-refractivity contribution in [2.45, 2.75) is 39.2 Å². The molecule has 1 aliphatic heterocycles. The first-order valence-electron chi connectivity index (χ1n) is 11.2. The third-order valence-corrected chi connectivity index (χ3v) is 5.92.